The summed E-state index contributed by atoms with van der Waals surface area (Å²) < 4.78 is 21.5. The second kappa shape index (κ2) is 5.31. The SMILES string of the molecule is C=C(Oc1ccc(OC)cc1)C1OC(=O)OC12CCCC2. The Morgan fingerprint density at radius 1 is 1.24 bits per heavy atom. The van der Waals surface area contributed by atoms with Gasteiger partial charge >= 0.3 is 6.16 Å². The Hall–Kier alpha value is -2.17. The van der Waals surface area contributed by atoms with E-state index in [1.165, 1.54) is 0 Å². The molecule has 112 valence electrons. The molecule has 1 aliphatic carbocycles. The van der Waals surface area contributed by atoms with E-state index in [1.54, 1.807) is 31.4 Å². The highest BCUT2D eigenvalue weighted by Gasteiger charge is 2.54. The van der Waals surface area contributed by atoms with Gasteiger partial charge in [-0.25, -0.2) is 4.79 Å². The largest absolute Gasteiger partial charge is 0.509 e. The predicted molar refractivity (Wildman–Crippen MR) is 75.3 cm³/mol. The third-order valence-electron chi connectivity index (χ3n) is 4.03. The van der Waals surface area contributed by atoms with Gasteiger partial charge in [-0.05, 0) is 49.9 Å². The Bertz CT molecular complexity index is 542. The van der Waals surface area contributed by atoms with Crippen LogP contribution < -0.4 is 9.47 Å². The zero-order chi connectivity index (χ0) is 14.9. The van der Waals surface area contributed by atoms with Gasteiger partial charge < -0.3 is 18.9 Å². The van der Waals surface area contributed by atoms with Gasteiger partial charge in [-0.3, -0.25) is 0 Å². The van der Waals surface area contributed by atoms with E-state index in [1.807, 2.05) is 0 Å². The number of ether oxygens (including phenoxy) is 4. The third kappa shape index (κ3) is 2.55. The van der Waals surface area contributed by atoms with Gasteiger partial charge in [0.05, 0.1) is 7.11 Å². The first-order valence-corrected chi connectivity index (χ1v) is 7.03. The molecule has 1 atom stereocenters. The molecule has 0 bridgehead atoms. The minimum atomic E-state index is -0.638. The molecule has 2 fully saturated rings. The first-order valence-electron chi connectivity index (χ1n) is 7.03. The van der Waals surface area contributed by atoms with Gasteiger partial charge in [0.15, 0.2) is 5.60 Å². The van der Waals surface area contributed by atoms with Gasteiger partial charge in [-0.1, -0.05) is 6.58 Å². The molecular weight excluding hydrogens is 272 g/mol. The Morgan fingerprint density at radius 3 is 2.48 bits per heavy atom. The van der Waals surface area contributed by atoms with Crippen LogP contribution in [0, 0.1) is 0 Å². The maximum Gasteiger partial charge on any atom is 0.509 e. The van der Waals surface area contributed by atoms with E-state index < -0.39 is 17.9 Å². The van der Waals surface area contributed by atoms with E-state index in [0.29, 0.717) is 11.5 Å². The topological polar surface area (TPSA) is 54.0 Å². The number of hydrogen-bond donors (Lipinski definition) is 0. The summed E-state index contributed by atoms with van der Waals surface area (Å²) in [7, 11) is 1.61. The molecule has 0 aromatic heterocycles. The van der Waals surface area contributed by atoms with Crippen LogP contribution in [-0.4, -0.2) is 25.0 Å². The van der Waals surface area contributed by atoms with Crippen LogP contribution in [0.2, 0.25) is 0 Å². The number of carbonyl (C=O) groups is 1. The Kier molecular flexibility index (Phi) is 3.49. The Morgan fingerprint density at radius 2 is 1.86 bits per heavy atom. The first-order chi connectivity index (χ1) is 10.1. The molecule has 1 saturated carbocycles. The zero-order valence-corrected chi connectivity index (χ0v) is 12.0. The smallest absolute Gasteiger partial charge is 0.497 e. The normalized spacial score (nSPS) is 22.7. The lowest BCUT2D eigenvalue weighted by Gasteiger charge is -2.26. The lowest BCUT2D eigenvalue weighted by Crippen LogP contribution is -2.39. The molecule has 21 heavy (non-hydrogen) atoms. The first kappa shape index (κ1) is 13.8. The van der Waals surface area contributed by atoms with Crippen molar-refractivity contribution in [3.63, 3.8) is 0 Å². The summed E-state index contributed by atoms with van der Waals surface area (Å²) in [5.41, 5.74) is -0.597. The predicted octanol–water partition coefficient (Wildman–Crippen LogP) is 3.44. The number of methoxy groups -OCH3 is 1. The number of hydrogen-bond acceptors (Lipinski definition) is 5. The molecule has 3 rings (SSSR count). The van der Waals surface area contributed by atoms with Crippen LogP contribution in [0.1, 0.15) is 25.7 Å². The highest BCUT2D eigenvalue weighted by Crippen LogP contribution is 2.44. The van der Waals surface area contributed by atoms with Crippen molar-refractivity contribution < 1.29 is 23.7 Å². The molecule has 1 heterocycles. The fraction of sp³-hybridized carbons (Fsp3) is 0.438. The molecule has 0 radical (unpaired) electrons. The molecular formula is C16H18O5. The zero-order valence-electron chi connectivity index (χ0n) is 12.0. The summed E-state index contributed by atoms with van der Waals surface area (Å²) in [6.07, 6.45) is 2.42. The standard InChI is InChI=1S/C16H18O5/c1-11(19-13-7-5-12(18-2)6-8-13)14-16(9-3-4-10-16)21-15(17)20-14/h5-8,14H,1,3-4,9-10H2,2H3. The molecule has 1 aromatic rings. The fourth-order valence-electron chi connectivity index (χ4n) is 2.99. The fourth-order valence-corrected chi connectivity index (χ4v) is 2.99. The summed E-state index contributed by atoms with van der Waals surface area (Å²) in [5.74, 6) is 1.76. The van der Waals surface area contributed by atoms with E-state index in [-0.39, 0.29) is 0 Å². The van der Waals surface area contributed by atoms with Crippen molar-refractivity contribution >= 4 is 6.16 Å². The van der Waals surface area contributed by atoms with E-state index in [9.17, 15) is 4.79 Å². The third-order valence-corrected chi connectivity index (χ3v) is 4.03. The molecule has 2 aliphatic rings. The molecule has 5 nitrogen and oxygen atoms in total. The number of carbonyl (C=O) groups excluding carboxylic acids is 1. The number of benzene rings is 1. The molecule has 1 spiro atoms. The monoisotopic (exact) mass is 290 g/mol. The van der Waals surface area contributed by atoms with Crippen molar-refractivity contribution in [3.8, 4) is 11.5 Å². The van der Waals surface area contributed by atoms with Gasteiger partial charge in [-0.2, -0.15) is 0 Å². The van der Waals surface area contributed by atoms with Crippen molar-refractivity contribution in [2.24, 2.45) is 0 Å². The van der Waals surface area contributed by atoms with E-state index in [2.05, 4.69) is 6.58 Å². The second-order valence-electron chi connectivity index (χ2n) is 5.37. The van der Waals surface area contributed by atoms with Crippen molar-refractivity contribution in [2.75, 3.05) is 7.11 Å². The van der Waals surface area contributed by atoms with Crippen molar-refractivity contribution in [1.82, 2.24) is 0 Å². The highest BCUT2D eigenvalue weighted by atomic mass is 16.8. The van der Waals surface area contributed by atoms with Crippen LogP contribution in [0.5, 0.6) is 11.5 Å². The summed E-state index contributed by atoms with van der Waals surface area (Å²) in [6.45, 7) is 3.92. The van der Waals surface area contributed by atoms with Crippen LogP contribution in [0.3, 0.4) is 0 Å². The highest BCUT2D eigenvalue weighted by molar-refractivity contribution is 5.64. The average molecular weight is 290 g/mol. The summed E-state index contributed by atoms with van der Waals surface area (Å²) in [4.78, 5) is 11.5. The Balaban J connectivity index is 1.73. The van der Waals surface area contributed by atoms with Gasteiger partial charge in [0.2, 0.25) is 6.10 Å². The van der Waals surface area contributed by atoms with Crippen molar-refractivity contribution in [3.05, 3.63) is 36.6 Å². The van der Waals surface area contributed by atoms with Crippen molar-refractivity contribution in [1.29, 1.82) is 0 Å². The minimum absolute atomic E-state index is 0.396. The summed E-state index contributed by atoms with van der Waals surface area (Å²) in [5, 5.41) is 0. The molecule has 1 unspecified atom stereocenters. The van der Waals surface area contributed by atoms with Crippen LogP contribution in [0.4, 0.5) is 4.79 Å². The van der Waals surface area contributed by atoms with E-state index >= 15 is 0 Å². The molecule has 1 aliphatic heterocycles. The molecule has 1 saturated heterocycles. The molecule has 0 amide bonds. The van der Waals surface area contributed by atoms with E-state index in [4.69, 9.17) is 18.9 Å². The average Bonchev–Trinajstić information content (AvgIpc) is 3.07. The Labute approximate surface area is 123 Å². The van der Waals surface area contributed by atoms with Crippen LogP contribution in [0.25, 0.3) is 0 Å². The van der Waals surface area contributed by atoms with Crippen LogP contribution in [0.15, 0.2) is 36.6 Å². The number of cyclic esters (lactones) is 1. The number of rotatable bonds is 4. The van der Waals surface area contributed by atoms with Gasteiger partial charge in [0.1, 0.15) is 17.3 Å². The molecule has 0 N–H and O–H groups in total. The van der Waals surface area contributed by atoms with Crippen molar-refractivity contribution in [2.45, 2.75) is 37.4 Å². The van der Waals surface area contributed by atoms with Crippen LogP contribution >= 0.6 is 0 Å². The summed E-state index contributed by atoms with van der Waals surface area (Å²) in [6, 6.07) is 7.15. The summed E-state index contributed by atoms with van der Waals surface area (Å²) >= 11 is 0. The lowest BCUT2D eigenvalue weighted by atomic mass is 9.94. The van der Waals surface area contributed by atoms with Gasteiger partial charge in [0, 0.05) is 0 Å². The second-order valence-corrected chi connectivity index (χ2v) is 5.37. The molecule has 1 aromatic carbocycles. The van der Waals surface area contributed by atoms with E-state index in [0.717, 1.165) is 31.4 Å². The maximum absolute atomic E-state index is 11.5. The van der Waals surface area contributed by atoms with Gasteiger partial charge in [0.25, 0.3) is 0 Å². The maximum atomic E-state index is 11.5. The van der Waals surface area contributed by atoms with Crippen LogP contribution in [-0.2, 0) is 9.47 Å². The minimum Gasteiger partial charge on any atom is -0.497 e. The quantitative estimate of drug-likeness (QED) is 0.628. The van der Waals surface area contributed by atoms with Gasteiger partial charge in [-0.15, -0.1) is 0 Å². The lowest BCUT2D eigenvalue weighted by molar-refractivity contribution is 0.0362. The molecule has 5 heteroatoms.